The molecule has 0 bridgehead atoms. The van der Waals surface area contributed by atoms with E-state index in [0.29, 0.717) is 35.2 Å². The first-order valence-corrected chi connectivity index (χ1v) is 33.2. The number of nitriles is 2. The fourth-order valence-corrected chi connectivity index (χ4v) is 13.0. The Labute approximate surface area is 518 Å². The van der Waals surface area contributed by atoms with Crippen molar-refractivity contribution in [3.63, 3.8) is 0 Å². The zero-order valence-electron chi connectivity index (χ0n) is 45.0. The van der Waals surface area contributed by atoms with Crippen LogP contribution in [0.4, 0.5) is 67.9 Å². The Morgan fingerprint density at radius 1 is 0.528 bits per heavy atom. The molecule has 8 rings (SSSR count). The van der Waals surface area contributed by atoms with Crippen LogP contribution in [0.15, 0.2) is 130 Å². The molecule has 3 heterocycles. The minimum Gasteiger partial charge on any atom is -0.392 e. The average molecular weight is 1380 g/mol. The number of azo groups is 2. The normalized spacial score (nSPS) is 13.1. The Hall–Kier alpha value is -8.55. The van der Waals surface area contributed by atoms with Crippen molar-refractivity contribution < 1.29 is 75.1 Å². The number of aliphatic hydroxyl groups excluding tert-OH is 2. The summed E-state index contributed by atoms with van der Waals surface area (Å²) >= 11 is 12.7. The number of hydrogen-bond donors (Lipinski definition) is 12. The second-order valence-corrected chi connectivity index (χ2v) is 27.4. The van der Waals surface area contributed by atoms with Crippen LogP contribution in [0.1, 0.15) is 30.5 Å². The highest BCUT2D eigenvalue weighted by Crippen LogP contribution is 2.49. The molecular formula is C49H41Cl2N15O17S6. The van der Waals surface area contributed by atoms with Gasteiger partial charge in [-0.3, -0.25) is 22.8 Å². The number of anilines is 8. The molecular weight excluding hydrogens is 1330 g/mol. The lowest BCUT2D eigenvalue weighted by atomic mass is 10.0. The molecule has 8 aromatic rings. The van der Waals surface area contributed by atoms with Crippen LogP contribution in [-0.2, 0) is 50.6 Å². The zero-order valence-corrected chi connectivity index (χ0v) is 51.5. The molecule has 2 unspecified atom stereocenters. The molecule has 0 aliphatic heterocycles. The lowest BCUT2D eigenvalue weighted by Crippen LogP contribution is -2.20. The minimum atomic E-state index is -5.46. The van der Waals surface area contributed by atoms with E-state index in [1.54, 1.807) is 0 Å². The Balaban J connectivity index is 1.32. The van der Waals surface area contributed by atoms with Gasteiger partial charge < -0.3 is 36.8 Å². The van der Waals surface area contributed by atoms with Crippen LogP contribution < -0.4 is 26.6 Å². The van der Waals surface area contributed by atoms with Crippen molar-refractivity contribution in [3.8, 4) is 23.3 Å². The quantitative estimate of drug-likeness (QED) is 0.0222. The van der Waals surface area contributed by atoms with Gasteiger partial charge in [-0.05, 0) is 99.1 Å². The van der Waals surface area contributed by atoms with E-state index < -0.39 is 109 Å². The summed E-state index contributed by atoms with van der Waals surface area (Å²) in [6.07, 6.45) is -1.61. The van der Waals surface area contributed by atoms with E-state index in [1.165, 1.54) is 57.2 Å². The topological polar surface area (TPSA) is 521 Å². The van der Waals surface area contributed by atoms with E-state index in [2.05, 4.69) is 67.0 Å². The Bertz CT molecular complexity index is 4920. The van der Waals surface area contributed by atoms with Gasteiger partial charge in [0.25, 0.3) is 50.6 Å². The van der Waals surface area contributed by atoms with Crippen molar-refractivity contribution in [2.75, 3.05) is 39.7 Å². The van der Waals surface area contributed by atoms with Crippen molar-refractivity contribution in [1.29, 1.82) is 10.5 Å². The number of pyridine rings is 1. The highest BCUT2D eigenvalue weighted by Gasteiger charge is 2.28. The summed E-state index contributed by atoms with van der Waals surface area (Å²) < 4.78 is 175. The summed E-state index contributed by atoms with van der Waals surface area (Å²) in [6.45, 7) is 4.50. The number of aliphatic hydroxyl groups is 2. The smallest absolute Gasteiger partial charge is 0.296 e. The first-order chi connectivity index (χ1) is 41.5. The molecule has 0 aliphatic rings. The summed E-state index contributed by atoms with van der Waals surface area (Å²) in [5, 5.41) is 69.9. The molecule has 5 aromatic carbocycles. The number of nitrogens with one attached hydrogen (secondary N) is 5. The Morgan fingerprint density at radius 3 is 1.49 bits per heavy atom. The van der Waals surface area contributed by atoms with Crippen LogP contribution in [0.3, 0.4) is 0 Å². The summed E-state index contributed by atoms with van der Waals surface area (Å²) in [6, 6.07) is 18.8. The minimum absolute atomic E-state index is 0.0291. The van der Waals surface area contributed by atoms with Gasteiger partial charge in [0.2, 0.25) is 17.8 Å². The van der Waals surface area contributed by atoms with Crippen LogP contribution in [0.5, 0.6) is 0 Å². The fraction of sp³-hybridized carbons (Fsp3) is 0.143. The van der Waals surface area contributed by atoms with Crippen LogP contribution >= 0.6 is 34.5 Å². The monoisotopic (exact) mass is 1370 g/mol. The lowest BCUT2D eigenvalue weighted by Gasteiger charge is -2.16. The average Bonchev–Trinajstić information content (AvgIpc) is 1.13. The van der Waals surface area contributed by atoms with Gasteiger partial charge in [-0.25, -0.2) is 4.98 Å². The number of nitrogens with zero attached hydrogens (tertiary/aromatic N) is 10. The van der Waals surface area contributed by atoms with Crippen molar-refractivity contribution in [2.24, 2.45) is 20.5 Å². The number of aromatic nitrogens is 4. The van der Waals surface area contributed by atoms with Gasteiger partial charge in [0.15, 0.2) is 16.6 Å². The molecule has 0 radical (unpaired) electrons. The number of hydrogen-bond acceptors (Lipinski definition) is 28. The molecule has 464 valence electrons. The first-order valence-electron chi connectivity index (χ1n) is 24.5. The van der Waals surface area contributed by atoms with Gasteiger partial charge >= 0.3 is 0 Å². The maximum absolute atomic E-state index is 12.9. The van der Waals surface area contributed by atoms with Crippen LogP contribution in [0.2, 0.25) is 10.0 Å². The van der Waals surface area contributed by atoms with Crippen molar-refractivity contribution in [3.05, 3.63) is 112 Å². The number of rotatable bonds is 22. The van der Waals surface area contributed by atoms with Crippen molar-refractivity contribution in [2.45, 2.75) is 57.5 Å². The first kappa shape index (κ1) is 66.4. The van der Waals surface area contributed by atoms with E-state index in [9.17, 15) is 85.6 Å². The highest BCUT2D eigenvalue weighted by molar-refractivity contribution is 7.87. The second-order valence-electron chi connectivity index (χ2n) is 18.6. The molecule has 0 spiro atoms. The molecule has 0 saturated carbocycles. The standard InChI is InChI=1S/C49H41Cl2N15O17S6/c1-22(67)20-54-47-60-48(55-21-23(2)68)62-49(61-47)58-26-6-4-25(5-7-26)41-34(19-53)45(84-46(41)66-63-29-12-31-32(37(15-29)86(72,73)74)16-30(85(69,70)71)17-38(31)87(75,76)77)65-64-42-24(3)33(18-52)43(56-27-8-10-35(50)39(13-27)88(78,79)80)59-44(42)57-28-9-11-36(51)40(14-28)89(81,82)83/h4-17,22-23,67-68H,20-21H2,1-3H3,(H2,56,57,59)(H,69,70,71)(H,72,73,74)(H,75,76,77)(H,78,79,80)(H,81,82,83)(H3,54,55,58,60,61,62)/b65-64?,66-63+. The van der Waals surface area contributed by atoms with Crippen molar-refractivity contribution in [1.82, 2.24) is 19.9 Å². The molecule has 40 heteroatoms. The van der Waals surface area contributed by atoms with Gasteiger partial charge in [-0.2, -0.15) is 67.6 Å². The zero-order chi connectivity index (χ0) is 65.3. The predicted molar refractivity (Wildman–Crippen MR) is 322 cm³/mol. The molecule has 0 fully saturated rings. The molecule has 89 heavy (non-hydrogen) atoms. The Morgan fingerprint density at radius 2 is 1.00 bits per heavy atom. The van der Waals surface area contributed by atoms with Gasteiger partial charge in [-0.1, -0.05) is 46.7 Å². The Kier molecular flexibility index (Phi) is 19.3. The molecule has 2 atom stereocenters. The lowest BCUT2D eigenvalue weighted by molar-refractivity contribution is 0.208. The van der Waals surface area contributed by atoms with Crippen LogP contribution in [0.25, 0.3) is 21.9 Å². The maximum Gasteiger partial charge on any atom is 0.296 e. The number of halogens is 2. The summed E-state index contributed by atoms with van der Waals surface area (Å²) in [5.74, 6) is -0.608. The molecule has 12 N–H and O–H groups in total. The molecule has 3 aromatic heterocycles. The van der Waals surface area contributed by atoms with Gasteiger partial charge in [0, 0.05) is 52.1 Å². The number of fused-ring (bicyclic) bond motifs is 1. The third-order valence-corrected chi connectivity index (χ3v) is 18.2. The van der Waals surface area contributed by atoms with Crippen LogP contribution in [0, 0.1) is 29.6 Å². The molecule has 0 aliphatic carbocycles. The van der Waals surface area contributed by atoms with E-state index in [0.717, 1.165) is 30.3 Å². The number of thiophene rings is 1. The predicted octanol–water partition coefficient (Wildman–Crippen LogP) is 9.39. The second kappa shape index (κ2) is 25.9. The molecule has 32 nitrogen and oxygen atoms in total. The SMILES string of the molecule is Cc1c(C#N)c(Nc2ccc(Cl)c(S(=O)(=O)O)c2)nc(Nc2ccc(Cl)c(S(=O)(=O)O)c2)c1N=Nc1sc(/N=N/c2cc(S(=O)(=O)O)c3cc(S(=O)(=O)O)cc(S(=O)(=O)O)c3c2)c(-c2ccc(Nc3nc(NCC(C)O)nc(NCC(C)O)n3)cc2)c1C#N. The molecule has 0 saturated heterocycles. The van der Waals surface area contributed by atoms with E-state index in [4.69, 9.17) is 23.2 Å². The van der Waals surface area contributed by atoms with Crippen molar-refractivity contribution >= 4 is 164 Å². The van der Waals surface area contributed by atoms with Crippen LogP contribution in [-0.4, -0.2) is 120 Å². The highest BCUT2D eigenvalue weighted by atomic mass is 35.5. The summed E-state index contributed by atoms with van der Waals surface area (Å²) in [4.78, 5) is 12.3. The number of benzene rings is 5. The van der Waals surface area contributed by atoms with Gasteiger partial charge in [0.1, 0.15) is 48.0 Å². The van der Waals surface area contributed by atoms with E-state index >= 15 is 0 Å². The molecule has 0 amide bonds. The van der Waals surface area contributed by atoms with Gasteiger partial charge in [0.05, 0.1) is 38.4 Å². The summed E-state index contributed by atoms with van der Waals surface area (Å²) in [5.41, 5.74) is -1.29. The van der Waals surface area contributed by atoms with E-state index in [1.807, 2.05) is 12.1 Å². The largest absolute Gasteiger partial charge is 0.392 e. The third kappa shape index (κ3) is 15.8. The fourth-order valence-electron chi connectivity index (χ4n) is 7.99. The third-order valence-electron chi connectivity index (χ3n) is 11.9. The van der Waals surface area contributed by atoms with E-state index in [-0.39, 0.29) is 102 Å². The summed E-state index contributed by atoms with van der Waals surface area (Å²) in [7, 11) is -26.1. The van der Waals surface area contributed by atoms with Gasteiger partial charge in [-0.15, -0.1) is 20.5 Å². The maximum atomic E-state index is 12.9.